The smallest absolute Gasteiger partial charge is 0.191 e. The van der Waals surface area contributed by atoms with Crippen LogP contribution in [0.5, 0.6) is 0 Å². The Labute approximate surface area is 120 Å². The molecular formula is C16H32O2Si. The molecule has 0 aromatic heterocycles. The van der Waals surface area contributed by atoms with Gasteiger partial charge in [0.1, 0.15) is 5.78 Å². The van der Waals surface area contributed by atoms with Gasteiger partial charge in [0.2, 0.25) is 0 Å². The lowest BCUT2D eigenvalue weighted by Gasteiger charge is -2.38. The second kappa shape index (κ2) is 6.09. The van der Waals surface area contributed by atoms with Crippen LogP contribution in [0, 0.1) is 17.8 Å². The molecule has 1 fully saturated rings. The number of Topliss-reactive ketones (excluding diaryl/α,β-unsaturated/α-hetero) is 1. The average molecular weight is 285 g/mol. The zero-order valence-electron chi connectivity index (χ0n) is 13.9. The Morgan fingerprint density at radius 1 is 1.32 bits per heavy atom. The first-order valence-corrected chi connectivity index (χ1v) is 10.6. The number of carbonyl (C=O) groups excluding carboxylic acids is 1. The van der Waals surface area contributed by atoms with E-state index < -0.39 is 8.32 Å². The molecule has 0 aromatic rings. The Balaban J connectivity index is 2.52. The Morgan fingerprint density at radius 2 is 1.89 bits per heavy atom. The molecule has 0 aromatic carbocycles. The van der Waals surface area contributed by atoms with Crippen LogP contribution in [-0.2, 0) is 9.22 Å². The van der Waals surface area contributed by atoms with Gasteiger partial charge in [-0.15, -0.1) is 0 Å². The second-order valence-corrected chi connectivity index (χ2v) is 12.8. The Bertz CT molecular complexity index is 317. The fourth-order valence-electron chi connectivity index (χ4n) is 2.50. The first-order chi connectivity index (χ1) is 8.54. The molecule has 2 nitrogen and oxygen atoms in total. The van der Waals surface area contributed by atoms with Gasteiger partial charge in [-0.3, -0.25) is 4.79 Å². The number of carbonyl (C=O) groups is 1. The summed E-state index contributed by atoms with van der Waals surface area (Å²) in [6.45, 7) is 16.5. The van der Waals surface area contributed by atoms with Crippen LogP contribution in [-0.4, -0.2) is 20.7 Å². The van der Waals surface area contributed by atoms with Crippen molar-refractivity contribution >= 4 is 14.1 Å². The molecule has 0 radical (unpaired) electrons. The summed E-state index contributed by atoms with van der Waals surface area (Å²) in [4.78, 5) is 12.1. The first-order valence-electron chi connectivity index (χ1n) is 7.71. The third-order valence-corrected chi connectivity index (χ3v) is 9.63. The second-order valence-electron chi connectivity index (χ2n) is 8.01. The minimum absolute atomic E-state index is 0.237. The third-order valence-electron chi connectivity index (χ3n) is 5.13. The molecular weight excluding hydrogens is 252 g/mol. The lowest BCUT2D eigenvalue weighted by molar-refractivity contribution is -0.128. The Hall–Kier alpha value is -0.153. The topological polar surface area (TPSA) is 26.3 Å². The first kappa shape index (κ1) is 16.9. The summed E-state index contributed by atoms with van der Waals surface area (Å²) in [5, 5.41) is 0.248. The highest BCUT2D eigenvalue weighted by atomic mass is 28.4. The van der Waals surface area contributed by atoms with Crippen LogP contribution in [0.15, 0.2) is 0 Å². The van der Waals surface area contributed by atoms with E-state index in [1.165, 1.54) is 6.42 Å². The molecule has 0 spiro atoms. The predicted octanol–water partition coefficient (Wildman–Crippen LogP) is 4.65. The van der Waals surface area contributed by atoms with Crippen LogP contribution in [0.25, 0.3) is 0 Å². The maximum Gasteiger partial charge on any atom is 0.191 e. The van der Waals surface area contributed by atoms with Gasteiger partial charge in [0.15, 0.2) is 8.32 Å². The third kappa shape index (κ3) is 4.42. The molecule has 0 unspecified atom stereocenters. The summed E-state index contributed by atoms with van der Waals surface area (Å²) in [5.41, 5.74) is 0. The largest absolute Gasteiger partial charge is 0.417 e. The number of hydrogen-bond donors (Lipinski definition) is 0. The van der Waals surface area contributed by atoms with Gasteiger partial charge < -0.3 is 4.43 Å². The van der Waals surface area contributed by atoms with Gasteiger partial charge in [-0.2, -0.15) is 0 Å². The van der Waals surface area contributed by atoms with Crippen molar-refractivity contribution < 1.29 is 9.22 Å². The van der Waals surface area contributed by atoms with E-state index in [9.17, 15) is 4.79 Å². The average Bonchev–Trinajstić information content (AvgIpc) is 2.24. The van der Waals surface area contributed by atoms with Crippen LogP contribution in [0.3, 0.4) is 0 Å². The monoisotopic (exact) mass is 284 g/mol. The van der Waals surface area contributed by atoms with Crippen molar-refractivity contribution in [2.24, 2.45) is 17.8 Å². The lowest BCUT2D eigenvalue weighted by atomic mass is 9.76. The molecule has 1 aliphatic rings. The van der Waals surface area contributed by atoms with Crippen LogP contribution in [0.2, 0.25) is 18.1 Å². The van der Waals surface area contributed by atoms with Gasteiger partial charge in [0, 0.05) is 18.9 Å². The van der Waals surface area contributed by atoms with Gasteiger partial charge in [0.25, 0.3) is 0 Å². The van der Waals surface area contributed by atoms with Crippen LogP contribution in [0.1, 0.15) is 53.9 Å². The van der Waals surface area contributed by atoms with E-state index in [0.717, 1.165) is 19.4 Å². The van der Waals surface area contributed by atoms with Gasteiger partial charge in [0.05, 0.1) is 0 Å². The standard InChI is InChI=1S/C16H32O2Si/c1-12-8-9-14(15(17)10-12)13(2)11-18-19(6,7)16(3,4)5/h12-14H,8-11H2,1-7H3/t12-,13-,14+/m0/s1. The zero-order valence-corrected chi connectivity index (χ0v) is 14.9. The van der Waals surface area contributed by atoms with E-state index in [4.69, 9.17) is 4.43 Å². The highest BCUT2D eigenvalue weighted by molar-refractivity contribution is 6.74. The quantitative estimate of drug-likeness (QED) is 0.702. The van der Waals surface area contributed by atoms with E-state index in [0.29, 0.717) is 17.6 Å². The molecule has 1 saturated carbocycles. The SMILES string of the molecule is C[C@H]1CC[C@H]([C@@H](C)CO[Si](C)(C)C(C)(C)C)C(=O)C1. The van der Waals surface area contributed by atoms with Crippen molar-refractivity contribution in [3.8, 4) is 0 Å². The summed E-state index contributed by atoms with van der Waals surface area (Å²) in [6, 6.07) is 0. The number of ketones is 1. The highest BCUT2D eigenvalue weighted by Crippen LogP contribution is 2.38. The fraction of sp³-hybridized carbons (Fsp3) is 0.938. The van der Waals surface area contributed by atoms with Crippen LogP contribution in [0.4, 0.5) is 0 Å². The van der Waals surface area contributed by atoms with Gasteiger partial charge in [-0.05, 0) is 42.8 Å². The summed E-state index contributed by atoms with van der Waals surface area (Å²) in [7, 11) is -1.68. The molecule has 0 heterocycles. The van der Waals surface area contributed by atoms with Crippen LogP contribution < -0.4 is 0 Å². The minimum atomic E-state index is -1.68. The highest BCUT2D eigenvalue weighted by Gasteiger charge is 2.38. The van der Waals surface area contributed by atoms with Crippen molar-refractivity contribution in [1.29, 1.82) is 0 Å². The summed E-state index contributed by atoms with van der Waals surface area (Å²) in [5.74, 6) is 1.65. The van der Waals surface area contributed by atoms with E-state index in [2.05, 4.69) is 47.7 Å². The normalized spacial score (nSPS) is 27.4. The molecule has 0 bridgehead atoms. The summed E-state index contributed by atoms with van der Waals surface area (Å²) < 4.78 is 6.27. The molecule has 0 N–H and O–H groups in total. The maximum absolute atomic E-state index is 12.1. The van der Waals surface area contributed by atoms with E-state index in [1.54, 1.807) is 0 Å². The van der Waals surface area contributed by atoms with Crippen molar-refractivity contribution in [1.82, 2.24) is 0 Å². The number of rotatable bonds is 4. The van der Waals surface area contributed by atoms with E-state index in [-0.39, 0.29) is 11.0 Å². The summed E-state index contributed by atoms with van der Waals surface area (Å²) >= 11 is 0. The van der Waals surface area contributed by atoms with E-state index >= 15 is 0 Å². The van der Waals surface area contributed by atoms with Gasteiger partial charge >= 0.3 is 0 Å². The molecule has 3 heteroatoms. The van der Waals surface area contributed by atoms with Crippen molar-refractivity contribution in [2.75, 3.05) is 6.61 Å². The maximum atomic E-state index is 12.1. The predicted molar refractivity (Wildman–Crippen MR) is 83.8 cm³/mol. The lowest BCUT2D eigenvalue weighted by Crippen LogP contribution is -2.43. The van der Waals surface area contributed by atoms with Crippen LogP contribution >= 0.6 is 0 Å². The van der Waals surface area contributed by atoms with E-state index in [1.807, 2.05) is 0 Å². The molecule has 1 aliphatic carbocycles. The molecule has 3 atom stereocenters. The van der Waals surface area contributed by atoms with Gasteiger partial charge in [-0.1, -0.05) is 34.6 Å². The van der Waals surface area contributed by atoms with Crippen molar-refractivity contribution in [3.63, 3.8) is 0 Å². The van der Waals surface area contributed by atoms with Crippen molar-refractivity contribution in [3.05, 3.63) is 0 Å². The number of hydrogen-bond acceptors (Lipinski definition) is 2. The fourth-order valence-corrected chi connectivity index (χ4v) is 3.61. The zero-order chi connectivity index (χ0) is 14.8. The van der Waals surface area contributed by atoms with Gasteiger partial charge in [-0.25, -0.2) is 0 Å². The summed E-state index contributed by atoms with van der Waals surface area (Å²) in [6.07, 6.45) is 3.03. The molecule has 19 heavy (non-hydrogen) atoms. The molecule has 0 aliphatic heterocycles. The molecule has 112 valence electrons. The Morgan fingerprint density at radius 3 is 2.37 bits per heavy atom. The Kier molecular flexibility index (Phi) is 5.41. The molecule has 0 amide bonds. The molecule has 1 rings (SSSR count). The van der Waals surface area contributed by atoms with Crippen molar-refractivity contribution in [2.45, 2.75) is 72.0 Å². The molecule has 0 saturated heterocycles. The minimum Gasteiger partial charge on any atom is -0.417 e.